The molecule has 0 bridgehead atoms. The van der Waals surface area contributed by atoms with Gasteiger partial charge in [0.05, 0.1) is 27.1 Å². The number of hydrogen-bond acceptors (Lipinski definition) is 2. The minimum Gasteiger partial charge on any atom is -0.309 e. The van der Waals surface area contributed by atoms with E-state index in [1.165, 1.54) is 80.7 Å². The van der Waals surface area contributed by atoms with Crippen molar-refractivity contribution >= 4 is 81.1 Å². The zero-order chi connectivity index (χ0) is 36.3. The Morgan fingerprint density at radius 2 is 0.927 bits per heavy atom. The lowest BCUT2D eigenvalue weighted by atomic mass is 10.0. The van der Waals surface area contributed by atoms with Crippen LogP contribution in [-0.2, 0) is 0 Å². The summed E-state index contributed by atoms with van der Waals surface area (Å²) in [6.07, 6.45) is 0. The summed E-state index contributed by atoms with van der Waals surface area (Å²) in [5.41, 5.74) is 11.9. The fourth-order valence-electron chi connectivity index (χ4n) is 8.52. The van der Waals surface area contributed by atoms with Gasteiger partial charge in [0.2, 0.25) is 0 Å². The maximum Gasteiger partial charge on any atom is 0.0640 e. The van der Waals surface area contributed by atoms with Gasteiger partial charge in [-0.25, -0.2) is 0 Å². The predicted molar refractivity (Wildman–Crippen MR) is 237 cm³/mol. The lowest BCUT2D eigenvalue weighted by Gasteiger charge is -2.27. The van der Waals surface area contributed by atoms with Gasteiger partial charge in [0.15, 0.2) is 0 Å². The van der Waals surface area contributed by atoms with Gasteiger partial charge < -0.3 is 9.47 Å². The number of para-hydroxylation sites is 3. The second-order valence-corrected chi connectivity index (χ2v) is 15.1. The van der Waals surface area contributed by atoms with Gasteiger partial charge in [-0.1, -0.05) is 164 Å². The molecular weight excluding hydrogens is 685 g/mol. The number of aromatic nitrogens is 1. The molecule has 0 N–H and O–H groups in total. The van der Waals surface area contributed by atoms with E-state index >= 15 is 0 Å². The first kappa shape index (κ1) is 31.6. The summed E-state index contributed by atoms with van der Waals surface area (Å²) < 4.78 is 5.00. The number of benzene rings is 9. The van der Waals surface area contributed by atoms with Gasteiger partial charge in [-0.2, -0.15) is 0 Å². The molecule has 0 aliphatic carbocycles. The lowest BCUT2D eigenvalue weighted by molar-refractivity contribution is 1.18. The Hall–Kier alpha value is -6.94. The Labute approximate surface area is 323 Å². The van der Waals surface area contributed by atoms with Crippen LogP contribution in [0.4, 0.5) is 17.1 Å². The second kappa shape index (κ2) is 12.9. The van der Waals surface area contributed by atoms with E-state index in [9.17, 15) is 0 Å². The number of fused-ring (bicyclic) bond motifs is 7. The third-order valence-electron chi connectivity index (χ3n) is 11.0. The Kier molecular flexibility index (Phi) is 7.39. The molecule has 0 saturated heterocycles. The molecule has 0 aliphatic heterocycles. The maximum atomic E-state index is 2.47. The molecule has 2 nitrogen and oxygen atoms in total. The summed E-state index contributed by atoms with van der Waals surface area (Å²) in [6.45, 7) is 0. The van der Waals surface area contributed by atoms with Gasteiger partial charge in [0.25, 0.3) is 0 Å². The van der Waals surface area contributed by atoms with Crippen LogP contribution in [0.15, 0.2) is 206 Å². The smallest absolute Gasteiger partial charge is 0.0640 e. The van der Waals surface area contributed by atoms with Gasteiger partial charge in [0.1, 0.15) is 0 Å². The van der Waals surface area contributed by atoms with Crippen LogP contribution >= 0.6 is 11.3 Å². The minimum absolute atomic E-state index is 1.11. The molecule has 0 aliphatic rings. The average Bonchev–Trinajstić information content (AvgIpc) is 3.82. The van der Waals surface area contributed by atoms with E-state index < -0.39 is 0 Å². The molecule has 0 unspecified atom stereocenters. The summed E-state index contributed by atoms with van der Waals surface area (Å²) in [5.74, 6) is 0. The molecule has 11 rings (SSSR count). The first-order valence-corrected chi connectivity index (χ1v) is 19.6. The predicted octanol–water partition coefficient (Wildman–Crippen LogP) is 15.1. The second-order valence-electron chi connectivity index (χ2n) is 14.1. The van der Waals surface area contributed by atoms with E-state index in [1.54, 1.807) is 0 Å². The van der Waals surface area contributed by atoms with Gasteiger partial charge in [-0.05, 0) is 64.5 Å². The monoisotopic (exact) mass is 718 g/mol. The molecule has 55 heavy (non-hydrogen) atoms. The number of thiophene rings is 1. The van der Waals surface area contributed by atoms with Crippen molar-refractivity contribution in [3.63, 3.8) is 0 Å². The molecular formula is C52H34N2S. The van der Waals surface area contributed by atoms with Crippen molar-refractivity contribution < 1.29 is 0 Å². The molecule has 0 amide bonds. The van der Waals surface area contributed by atoms with E-state index in [4.69, 9.17) is 0 Å². The van der Waals surface area contributed by atoms with Crippen LogP contribution in [0, 0.1) is 0 Å². The summed E-state index contributed by atoms with van der Waals surface area (Å²) in [5, 5.41) is 7.51. The van der Waals surface area contributed by atoms with E-state index in [0.29, 0.717) is 0 Å². The first-order chi connectivity index (χ1) is 27.3. The highest BCUT2D eigenvalue weighted by molar-refractivity contribution is 7.27. The van der Waals surface area contributed by atoms with E-state index in [2.05, 4.69) is 216 Å². The van der Waals surface area contributed by atoms with Crippen molar-refractivity contribution in [2.45, 2.75) is 0 Å². The molecule has 0 fully saturated rings. The largest absolute Gasteiger partial charge is 0.309 e. The van der Waals surface area contributed by atoms with Crippen LogP contribution in [0.25, 0.3) is 80.7 Å². The standard InChI is InChI=1S/C52H34N2S/c1-3-15-36(16-4-1)42-24-13-26-45-46-27-14-30-49(52(46)55-51(42)45)53(47-29-11-18-35-17-7-8-21-40(35)47)39-33-31-37(32-34-39)41-23-12-25-44-43-22-9-10-28-48(43)54(50(41)44)38-19-5-2-6-20-38/h1-34H. The normalized spacial score (nSPS) is 11.6. The number of anilines is 3. The first-order valence-electron chi connectivity index (χ1n) is 18.8. The van der Waals surface area contributed by atoms with Crippen molar-refractivity contribution in [1.82, 2.24) is 4.57 Å². The van der Waals surface area contributed by atoms with Crippen molar-refractivity contribution in [2.24, 2.45) is 0 Å². The third-order valence-corrected chi connectivity index (χ3v) is 12.3. The molecule has 0 spiro atoms. The molecule has 9 aromatic carbocycles. The van der Waals surface area contributed by atoms with Crippen LogP contribution in [0.1, 0.15) is 0 Å². The zero-order valence-electron chi connectivity index (χ0n) is 29.9. The summed E-state index contributed by atoms with van der Waals surface area (Å²) in [6, 6.07) is 75.0. The van der Waals surface area contributed by atoms with Crippen LogP contribution in [0.2, 0.25) is 0 Å². The topological polar surface area (TPSA) is 8.17 Å². The van der Waals surface area contributed by atoms with Crippen LogP contribution < -0.4 is 4.90 Å². The van der Waals surface area contributed by atoms with Gasteiger partial charge >= 0.3 is 0 Å². The highest BCUT2D eigenvalue weighted by Crippen LogP contribution is 2.48. The number of nitrogens with zero attached hydrogens (tertiary/aromatic N) is 2. The van der Waals surface area contributed by atoms with Gasteiger partial charge in [0, 0.05) is 48.6 Å². The molecule has 2 aromatic heterocycles. The Bertz CT molecular complexity index is 3190. The van der Waals surface area contributed by atoms with Crippen molar-refractivity contribution in [2.75, 3.05) is 4.90 Å². The zero-order valence-corrected chi connectivity index (χ0v) is 30.7. The van der Waals surface area contributed by atoms with Crippen LogP contribution in [0.5, 0.6) is 0 Å². The number of hydrogen-bond donors (Lipinski definition) is 0. The van der Waals surface area contributed by atoms with Crippen LogP contribution in [0.3, 0.4) is 0 Å². The molecule has 11 aromatic rings. The third kappa shape index (κ3) is 5.09. The van der Waals surface area contributed by atoms with Crippen molar-refractivity contribution in [3.05, 3.63) is 206 Å². The number of rotatable bonds is 6. The van der Waals surface area contributed by atoms with Crippen molar-refractivity contribution in [3.8, 4) is 27.9 Å². The molecule has 0 saturated carbocycles. The Balaban J connectivity index is 1.13. The van der Waals surface area contributed by atoms with E-state index in [0.717, 1.165) is 17.1 Å². The quantitative estimate of drug-likeness (QED) is 0.166. The Morgan fingerprint density at radius 1 is 0.364 bits per heavy atom. The van der Waals surface area contributed by atoms with Crippen molar-refractivity contribution in [1.29, 1.82) is 0 Å². The molecule has 2 heterocycles. The maximum absolute atomic E-state index is 2.47. The highest BCUT2D eigenvalue weighted by atomic mass is 32.1. The summed E-state index contributed by atoms with van der Waals surface area (Å²) >= 11 is 1.89. The summed E-state index contributed by atoms with van der Waals surface area (Å²) in [7, 11) is 0. The van der Waals surface area contributed by atoms with E-state index in [1.807, 2.05) is 11.3 Å². The SMILES string of the molecule is c1ccc(-c2cccc3c2sc2c(N(c4ccc(-c5cccc6c7ccccc7n(-c7ccccc7)c56)cc4)c4cccc5ccccc45)cccc23)cc1. The molecule has 258 valence electrons. The fraction of sp³-hybridized carbons (Fsp3) is 0. The van der Waals surface area contributed by atoms with Gasteiger partial charge in [-0.3, -0.25) is 0 Å². The van der Waals surface area contributed by atoms with Gasteiger partial charge in [-0.15, -0.1) is 11.3 Å². The average molecular weight is 719 g/mol. The summed E-state index contributed by atoms with van der Waals surface area (Å²) in [4.78, 5) is 2.47. The Morgan fingerprint density at radius 3 is 1.75 bits per heavy atom. The fourth-order valence-corrected chi connectivity index (χ4v) is 9.86. The molecule has 0 atom stereocenters. The molecule has 3 heteroatoms. The van der Waals surface area contributed by atoms with Crippen LogP contribution in [-0.4, -0.2) is 4.57 Å². The minimum atomic E-state index is 1.11. The highest BCUT2D eigenvalue weighted by Gasteiger charge is 2.22. The molecule has 0 radical (unpaired) electrons. The van der Waals surface area contributed by atoms with E-state index in [-0.39, 0.29) is 0 Å². The lowest BCUT2D eigenvalue weighted by Crippen LogP contribution is -2.10.